The monoisotopic (exact) mass is 650 g/mol. The Bertz CT molecular complexity index is 1200. The Morgan fingerprint density at radius 2 is 1.35 bits per heavy atom. The van der Waals surface area contributed by atoms with E-state index in [0.717, 1.165) is 45.6 Å². The maximum absolute atomic E-state index is 15.0. The van der Waals surface area contributed by atoms with Crippen LogP contribution in [0, 0.1) is 5.82 Å². The van der Waals surface area contributed by atoms with Gasteiger partial charge in [-0.2, -0.15) is 13.2 Å². The molecule has 1 aliphatic rings. The van der Waals surface area contributed by atoms with Crippen molar-refractivity contribution in [3.05, 3.63) is 59.4 Å². The molecule has 0 aliphatic carbocycles. The Morgan fingerprint density at radius 1 is 0.761 bits per heavy atom. The molecular formula is C36H50F4N2O4. The fourth-order valence-electron chi connectivity index (χ4n) is 5.63. The molecule has 1 heterocycles. The molecule has 0 unspecified atom stereocenters. The number of piperazine rings is 1. The second kappa shape index (κ2) is 19.5. The van der Waals surface area contributed by atoms with Crippen LogP contribution in [0.15, 0.2) is 42.5 Å². The van der Waals surface area contributed by atoms with E-state index in [-0.39, 0.29) is 23.3 Å². The number of esters is 2. The van der Waals surface area contributed by atoms with Gasteiger partial charge in [-0.25, -0.2) is 14.0 Å². The number of carbonyl (C=O) groups is 2. The molecule has 0 radical (unpaired) electrons. The normalized spacial score (nSPS) is 14.7. The number of benzene rings is 2. The molecular weight excluding hydrogens is 600 g/mol. The van der Waals surface area contributed by atoms with Crippen LogP contribution in [0.3, 0.4) is 0 Å². The predicted molar refractivity (Wildman–Crippen MR) is 173 cm³/mol. The van der Waals surface area contributed by atoms with E-state index in [4.69, 9.17) is 9.47 Å². The highest BCUT2D eigenvalue weighted by molar-refractivity contribution is 5.92. The van der Waals surface area contributed by atoms with E-state index in [1.54, 1.807) is 6.07 Å². The molecule has 0 spiro atoms. The van der Waals surface area contributed by atoms with Crippen LogP contribution in [0.5, 0.6) is 5.75 Å². The highest BCUT2D eigenvalue weighted by Crippen LogP contribution is 2.29. The SMILES string of the molecule is CCCCCCCCCCN1CCN(c2ccc(C(=O)Oc3ccc(C(=O)O[C@H](CCCCCC)C(F)(F)F)cc3)c(F)c2)CC1. The Kier molecular flexibility index (Phi) is 15.8. The van der Waals surface area contributed by atoms with Crippen LogP contribution in [0.25, 0.3) is 0 Å². The van der Waals surface area contributed by atoms with Crippen LogP contribution in [0.2, 0.25) is 0 Å². The average molecular weight is 651 g/mol. The zero-order valence-electron chi connectivity index (χ0n) is 27.4. The lowest BCUT2D eigenvalue weighted by Crippen LogP contribution is -2.46. The van der Waals surface area contributed by atoms with Crippen molar-refractivity contribution in [3.63, 3.8) is 0 Å². The first-order chi connectivity index (χ1) is 22.1. The molecule has 0 saturated carbocycles. The molecule has 3 rings (SSSR count). The van der Waals surface area contributed by atoms with E-state index in [1.807, 2.05) is 6.92 Å². The molecule has 0 N–H and O–H groups in total. The number of carbonyl (C=O) groups excluding carboxylic acids is 2. The van der Waals surface area contributed by atoms with Gasteiger partial charge in [0.25, 0.3) is 0 Å². The first-order valence-electron chi connectivity index (χ1n) is 17.0. The topological polar surface area (TPSA) is 59.1 Å². The smallest absolute Gasteiger partial charge is 0.425 e. The summed E-state index contributed by atoms with van der Waals surface area (Å²) < 4.78 is 65.2. The molecule has 0 aromatic heterocycles. The maximum atomic E-state index is 15.0. The third kappa shape index (κ3) is 12.6. The largest absolute Gasteiger partial charge is 0.449 e. The second-order valence-electron chi connectivity index (χ2n) is 12.2. The number of alkyl halides is 3. The highest BCUT2D eigenvalue weighted by Gasteiger charge is 2.42. The summed E-state index contributed by atoms with van der Waals surface area (Å²) in [5.41, 5.74) is 0.346. The van der Waals surface area contributed by atoms with Gasteiger partial charge in [-0.3, -0.25) is 4.90 Å². The lowest BCUT2D eigenvalue weighted by molar-refractivity contribution is -0.206. The number of hydrogen-bond acceptors (Lipinski definition) is 6. The maximum Gasteiger partial charge on any atom is 0.425 e. The van der Waals surface area contributed by atoms with Gasteiger partial charge in [0.1, 0.15) is 11.6 Å². The van der Waals surface area contributed by atoms with E-state index < -0.39 is 30.0 Å². The molecule has 1 aliphatic heterocycles. The number of nitrogens with zero attached hydrogens (tertiary/aromatic N) is 2. The van der Waals surface area contributed by atoms with Gasteiger partial charge in [0.15, 0.2) is 6.10 Å². The summed E-state index contributed by atoms with van der Waals surface area (Å²) in [6, 6.07) is 9.38. The molecule has 256 valence electrons. The van der Waals surface area contributed by atoms with Crippen molar-refractivity contribution in [1.29, 1.82) is 0 Å². The number of rotatable bonds is 19. The van der Waals surface area contributed by atoms with Crippen molar-refractivity contribution < 1.29 is 36.6 Å². The van der Waals surface area contributed by atoms with Crippen molar-refractivity contribution in [3.8, 4) is 5.75 Å². The number of unbranched alkanes of at least 4 members (excludes halogenated alkanes) is 10. The van der Waals surface area contributed by atoms with Gasteiger partial charge >= 0.3 is 18.1 Å². The first-order valence-corrected chi connectivity index (χ1v) is 17.0. The van der Waals surface area contributed by atoms with Gasteiger partial charge in [0, 0.05) is 31.9 Å². The van der Waals surface area contributed by atoms with Crippen LogP contribution >= 0.6 is 0 Å². The molecule has 10 heteroatoms. The van der Waals surface area contributed by atoms with Crippen LogP contribution in [-0.2, 0) is 4.74 Å². The molecule has 0 amide bonds. The zero-order chi connectivity index (χ0) is 33.4. The van der Waals surface area contributed by atoms with Crippen molar-refractivity contribution >= 4 is 17.6 Å². The molecule has 2 aromatic rings. The van der Waals surface area contributed by atoms with Crippen LogP contribution in [0.4, 0.5) is 23.2 Å². The van der Waals surface area contributed by atoms with E-state index in [1.165, 1.54) is 87.8 Å². The van der Waals surface area contributed by atoms with Gasteiger partial charge in [-0.05, 0) is 68.3 Å². The van der Waals surface area contributed by atoms with Crippen LogP contribution in [-0.4, -0.2) is 61.8 Å². The van der Waals surface area contributed by atoms with Gasteiger partial charge in [0.2, 0.25) is 0 Å². The van der Waals surface area contributed by atoms with Crippen molar-refractivity contribution in [2.75, 3.05) is 37.6 Å². The van der Waals surface area contributed by atoms with E-state index in [9.17, 15) is 22.8 Å². The minimum Gasteiger partial charge on any atom is -0.449 e. The zero-order valence-corrected chi connectivity index (χ0v) is 27.4. The minimum atomic E-state index is -4.67. The summed E-state index contributed by atoms with van der Waals surface area (Å²) in [7, 11) is 0. The van der Waals surface area contributed by atoms with Gasteiger partial charge in [-0.1, -0.05) is 78.1 Å². The van der Waals surface area contributed by atoms with Crippen molar-refractivity contribution in [2.24, 2.45) is 0 Å². The Morgan fingerprint density at radius 3 is 1.93 bits per heavy atom. The fourth-order valence-corrected chi connectivity index (χ4v) is 5.63. The lowest BCUT2D eigenvalue weighted by Gasteiger charge is -2.36. The summed E-state index contributed by atoms with van der Waals surface area (Å²) in [6.07, 6.45) is 5.80. The highest BCUT2D eigenvalue weighted by atomic mass is 19.4. The molecule has 1 saturated heterocycles. The molecule has 1 fully saturated rings. The molecule has 1 atom stereocenters. The summed E-state index contributed by atoms with van der Waals surface area (Å²) in [5, 5.41) is 0. The summed E-state index contributed by atoms with van der Waals surface area (Å²) in [4.78, 5) is 29.6. The molecule has 46 heavy (non-hydrogen) atoms. The van der Waals surface area contributed by atoms with Crippen molar-refractivity contribution in [1.82, 2.24) is 4.90 Å². The van der Waals surface area contributed by atoms with Gasteiger partial charge in [0.05, 0.1) is 11.1 Å². The number of anilines is 1. The van der Waals surface area contributed by atoms with E-state index in [2.05, 4.69) is 16.7 Å². The second-order valence-corrected chi connectivity index (χ2v) is 12.2. The number of ether oxygens (including phenoxy) is 2. The quantitative estimate of drug-likeness (QED) is 0.0654. The Labute approximate surface area is 271 Å². The third-order valence-electron chi connectivity index (χ3n) is 8.47. The summed E-state index contributed by atoms with van der Waals surface area (Å²) >= 11 is 0. The third-order valence-corrected chi connectivity index (χ3v) is 8.47. The van der Waals surface area contributed by atoms with Crippen LogP contribution < -0.4 is 9.64 Å². The van der Waals surface area contributed by atoms with E-state index >= 15 is 4.39 Å². The molecule has 0 bridgehead atoms. The predicted octanol–water partition coefficient (Wildman–Crippen LogP) is 9.37. The standard InChI is InChI=1S/C36H50F4N2O4/c1-3-5-7-9-10-11-12-14-22-41-23-25-42(26-24-41)29-18-21-31(32(37)27-29)35(44)45-30-19-16-28(17-20-30)34(43)46-33(36(38,39)40)15-13-8-6-4-2/h16-21,27,33H,3-15,22-26H2,1-2H3/t33-/m1/s1. The lowest BCUT2D eigenvalue weighted by atomic mass is 10.1. The number of hydrogen-bond donors (Lipinski definition) is 0. The summed E-state index contributed by atoms with van der Waals surface area (Å²) in [6.45, 7) is 8.63. The molecule has 6 nitrogen and oxygen atoms in total. The average Bonchev–Trinajstić information content (AvgIpc) is 3.03. The number of halogens is 4. The first kappa shape index (κ1) is 37.3. The van der Waals surface area contributed by atoms with E-state index in [0.29, 0.717) is 18.5 Å². The Hall–Kier alpha value is -3.14. The molecule has 2 aromatic carbocycles. The fraction of sp³-hybridized carbons (Fsp3) is 0.611. The van der Waals surface area contributed by atoms with Crippen LogP contribution in [0.1, 0.15) is 118 Å². The summed E-state index contributed by atoms with van der Waals surface area (Å²) in [5.74, 6) is -2.73. The van der Waals surface area contributed by atoms with Gasteiger partial charge < -0.3 is 14.4 Å². The van der Waals surface area contributed by atoms with Gasteiger partial charge in [-0.15, -0.1) is 0 Å². The Balaban J connectivity index is 1.45. The van der Waals surface area contributed by atoms with Crippen molar-refractivity contribution in [2.45, 2.75) is 110 Å². The minimum absolute atomic E-state index is 0.0181.